The molecule has 0 aliphatic carbocycles. The number of hydrogen-bond donors (Lipinski definition) is 1. The van der Waals surface area contributed by atoms with Crippen molar-refractivity contribution in [2.45, 2.75) is 58.4 Å². The van der Waals surface area contributed by atoms with Gasteiger partial charge in [0.15, 0.2) is 0 Å². The average Bonchev–Trinajstić information content (AvgIpc) is 2.11. The van der Waals surface area contributed by atoms with Crippen molar-refractivity contribution in [3.8, 4) is 0 Å². The van der Waals surface area contributed by atoms with Gasteiger partial charge in [-0.3, -0.25) is 0 Å². The van der Waals surface area contributed by atoms with Crippen molar-refractivity contribution in [3.05, 3.63) is 0 Å². The quantitative estimate of drug-likeness (QED) is 0.581. The SMILES string of the molecule is CCCC(N)CCCCCSCC. The van der Waals surface area contributed by atoms with Crippen molar-refractivity contribution in [2.24, 2.45) is 5.73 Å². The molecule has 0 spiro atoms. The normalized spacial score (nSPS) is 13.2. The van der Waals surface area contributed by atoms with Crippen LogP contribution in [0.4, 0.5) is 0 Å². The lowest BCUT2D eigenvalue weighted by Gasteiger charge is -2.09. The van der Waals surface area contributed by atoms with E-state index in [0.717, 1.165) is 0 Å². The van der Waals surface area contributed by atoms with E-state index in [4.69, 9.17) is 5.73 Å². The van der Waals surface area contributed by atoms with Crippen LogP contribution in [0.3, 0.4) is 0 Å². The molecule has 2 N–H and O–H groups in total. The Morgan fingerprint density at radius 1 is 1.08 bits per heavy atom. The van der Waals surface area contributed by atoms with Gasteiger partial charge in [-0.05, 0) is 30.8 Å². The molecular weight excluding hydrogens is 178 g/mol. The van der Waals surface area contributed by atoms with Crippen molar-refractivity contribution in [1.29, 1.82) is 0 Å². The fourth-order valence-corrected chi connectivity index (χ4v) is 2.14. The number of nitrogens with two attached hydrogens (primary N) is 1. The molecule has 80 valence electrons. The van der Waals surface area contributed by atoms with Crippen LogP contribution >= 0.6 is 11.8 Å². The van der Waals surface area contributed by atoms with Gasteiger partial charge in [-0.15, -0.1) is 0 Å². The molecule has 0 aromatic rings. The van der Waals surface area contributed by atoms with Gasteiger partial charge >= 0.3 is 0 Å². The van der Waals surface area contributed by atoms with E-state index in [1.54, 1.807) is 0 Å². The summed E-state index contributed by atoms with van der Waals surface area (Å²) < 4.78 is 0. The molecule has 1 nitrogen and oxygen atoms in total. The number of unbranched alkanes of at least 4 members (excludes halogenated alkanes) is 2. The lowest BCUT2D eigenvalue weighted by Crippen LogP contribution is -2.18. The fraction of sp³-hybridized carbons (Fsp3) is 1.00. The van der Waals surface area contributed by atoms with E-state index >= 15 is 0 Å². The summed E-state index contributed by atoms with van der Waals surface area (Å²) in [6.07, 6.45) is 7.72. The minimum atomic E-state index is 0.462. The van der Waals surface area contributed by atoms with Crippen LogP contribution < -0.4 is 5.73 Å². The summed E-state index contributed by atoms with van der Waals surface area (Å²) in [4.78, 5) is 0. The first-order chi connectivity index (χ1) is 6.31. The summed E-state index contributed by atoms with van der Waals surface area (Å²) in [6, 6.07) is 0.462. The molecule has 1 atom stereocenters. The maximum absolute atomic E-state index is 5.92. The Morgan fingerprint density at radius 2 is 1.85 bits per heavy atom. The maximum atomic E-state index is 5.92. The van der Waals surface area contributed by atoms with Crippen molar-refractivity contribution >= 4 is 11.8 Å². The highest BCUT2D eigenvalue weighted by Crippen LogP contribution is 2.09. The van der Waals surface area contributed by atoms with Crippen molar-refractivity contribution in [2.75, 3.05) is 11.5 Å². The van der Waals surface area contributed by atoms with Crippen molar-refractivity contribution < 1.29 is 0 Å². The summed E-state index contributed by atoms with van der Waals surface area (Å²) in [7, 11) is 0. The first-order valence-corrected chi connectivity index (χ1v) is 6.80. The minimum Gasteiger partial charge on any atom is -0.328 e. The third-order valence-corrected chi connectivity index (χ3v) is 3.21. The van der Waals surface area contributed by atoms with Gasteiger partial charge in [-0.25, -0.2) is 0 Å². The van der Waals surface area contributed by atoms with Crippen LogP contribution in [-0.2, 0) is 0 Å². The van der Waals surface area contributed by atoms with Crippen molar-refractivity contribution in [3.63, 3.8) is 0 Å². The van der Waals surface area contributed by atoms with Crippen LogP contribution in [0.15, 0.2) is 0 Å². The zero-order chi connectivity index (χ0) is 9.94. The first-order valence-electron chi connectivity index (χ1n) is 5.64. The average molecular weight is 203 g/mol. The van der Waals surface area contributed by atoms with E-state index in [1.165, 1.54) is 50.0 Å². The van der Waals surface area contributed by atoms with Crippen LogP contribution in [0.1, 0.15) is 52.4 Å². The van der Waals surface area contributed by atoms with Crippen molar-refractivity contribution in [1.82, 2.24) is 0 Å². The summed E-state index contributed by atoms with van der Waals surface area (Å²) in [5, 5.41) is 0. The zero-order valence-electron chi connectivity index (χ0n) is 9.22. The first kappa shape index (κ1) is 13.3. The summed E-state index contributed by atoms with van der Waals surface area (Å²) in [5.74, 6) is 2.59. The maximum Gasteiger partial charge on any atom is 0.00387 e. The Balaban J connectivity index is 2.97. The Labute approximate surface area is 87.9 Å². The van der Waals surface area contributed by atoms with E-state index in [2.05, 4.69) is 13.8 Å². The molecule has 0 heterocycles. The molecule has 0 aromatic carbocycles. The number of rotatable bonds is 9. The van der Waals surface area contributed by atoms with Gasteiger partial charge in [0.1, 0.15) is 0 Å². The molecule has 0 saturated heterocycles. The largest absolute Gasteiger partial charge is 0.328 e. The molecular formula is C11H25NS. The van der Waals surface area contributed by atoms with Gasteiger partial charge in [-0.2, -0.15) is 11.8 Å². The van der Waals surface area contributed by atoms with E-state index in [-0.39, 0.29) is 0 Å². The second-order valence-electron chi connectivity index (χ2n) is 3.60. The minimum absolute atomic E-state index is 0.462. The Hall–Kier alpha value is 0.310. The summed E-state index contributed by atoms with van der Waals surface area (Å²) in [5.41, 5.74) is 5.92. The lowest BCUT2D eigenvalue weighted by atomic mass is 10.1. The Bertz CT molecular complexity index is 96.1. The van der Waals surface area contributed by atoms with E-state index < -0.39 is 0 Å². The second kappa shape index (κ2) is 10.4. The third kappa shape index (κ3) is 10.2. The summed E-state index contributed by atoms with van der Waals surface area (Å²) in [6.45, 7) is 4.43. The highest BCUT2D eigenvalue weighted by molar-refractivity contribution is 7.99. The number of hydrogen-bond acceptors (Lipinski definition) is 2. The van der Waals surface area contributed by atoms with Crippen LogP contribution in [0, 0.1) is 0 Å². The van der Waals surface area contributed by atoms with E-state index in [9.17, 15) is 0 Å². The molecule has 1 unspecified atom stereocenters. The molecule has 0 fully saturated rings. The fourth-order valence-electron chi connectivity index (χ4n) is 1.45. The molecule has 0 saturated carbocycles. The van der Waals surface area contributed by atoms with E-state index in [1.807, 2.05) is 11.8 Å². The zero-order valence-corrected chi connectivity index (χ0v) is 10.0. The van der Waals surface area contributed by atoms with Gasteiger partial charge < -0.3 is 5.73 Å². The molecule has 0 amide bonds. The lowest BCUT2D eigenvalue weighted by molar-refractivity contribution is 0.525. The van der Waals surface area contributed by atoms with Crippen LogP contribution in [-0.4, -0.2) is 17.5 Å². The number of thioether (sulfide) groups is 1. The Kier molecular flexibility index (Phi) is 10.6. The van der Waals surface area contributed by atoms with Gasteiger partial charge in [-0.1, -0.05) is 33.1 Å². The van der Waals surface area contributed by atoms with Crippen LogP contribution in [0.5, 0.6) is 0 Å². The smallest absolute Gasteiger partial charge is 0.00387 e. The molecule has 0 bridgehead atoms. The standard InChI is InChI=1S/C11H25NS/c1-3-8-11(12)9-6-5-7-10-13-4-2/h11H,3-10,12H2,1-2H3. The monoisotopic (exact) mass is 203 g/mol. The topological polar surface area (TPSA) is 26.0 Å². The molecule has 0 rings (SSSR count). The molecule has 2 heteroatoms. The molecule has 0 aliphatic rings. The Morgan fingerprint density at radius 3 is 2.46 bits per heavy atom. The van der Waals surface area contributed by atoms with Gasteiger partial charge in [0.05, 0.1) is 0 Å². The highest BCUT2D eigenvalue weighted by Gasteiger charge is 1.99. The predicted octanol–water partition coefficient (Wildman–Crippen LogP) is 3.43. The van der Waals surface area contributed by atoms with Gasteiger partial charge in [0.25, 0.3) is 0 Å². The molecule has 13 heavy (non-hydrogen) atoms. The van der Waals surface area contributed by atoms with Gasteiger partial charge in [0.2, 0.25) is 0 Å². The van der Waals surface area contributed by atoms with Crippen LogP contribution in [0.2, 0.25) is 0 Å². The predicted molar refractivity (Wildman–Crippen MR) is 64.4 cm³/mol. The molecule has 0 aliphatic heterocycles. The van der Waals surface area contributed by atoms with E-state index in [0.29, 0.717) is 6.04 Å². The molecule has 0 aromatic heterocycles. The van der Waals surface area contributed by atoms with Gasteiger partial charge in [0, 0.05) is 6.04 Å². The van der Waals surface area contributed by atoms with Crippen LogP contribution in [0.25, 0.3) is 0 Å². The second-order valence-corrected chi connectivity index (χ2v) is 4.99. The highest BCUT2D eigenvalue weighted by atomic mass is 32.2. The summed E-state index contributed by atoms with van der Waals surface area (Å²) >= 11 is 2.05. The molecule has 0 radical (unpaired) electrons. The third-order valence-electron chi connectivity index (χ3n) is 2.23.